The maximum atomic E-state index is 12.7. The Morgan fingerprint density at radius 1 is 1.41 bits per heavy atom. The van der Waals surface area contributed by atoms with Crippen LogP contribution in [0.15, 0.2) is 28.9 Å². The van der Waals surface area contributed by atoms with Gasteiger partial charge in [0.2, 0.25) is 0 Å². The predicted octanol–water partition coefficient (Wildman–Crippen LogP) is 4.25. The van der Waals surface area contributed by atoms with E-state index < -0.39 is 5.41 Å². The molecule has 0 radical (unpaired) electrons. The molecular weight excluding hydrogens is 366 g/mol. The third-order valence-corrected chi connectivity index (χ3v) is 7.79. The molecule has 0 spiro atoms. The molecule has 0 bridgehead atoms. The standard InChI is InChI=1S/C24H37NO4/c1-17-6-9-21-23(2,11-5-12-24(21,3)22(27)28-4)19(17)8-7-18-10-15-29-20(18)16-25-13-14-26/h10,15,19,21,25-26H,1,5-9,11-14,16H2,2-4H3. The number of fused-ring (bicyclic) bond motifs is 1. The number of rotatable bonds is 8. The zero-order valence-electron chi connectivity index (χ0n) is 18.3. The minimum absolute atomic E-state index is 0.0493. The van der Waals surface area contributed by atoms with E-state index in [1.165, 1.54) is 18.2 Å². The highest BCUT2D eigenvalue weighted by molar-refractivity contribution is 5.77. The van der Waals surface area contributed by atoms with Gasteiger partial charge in [0.1, 0.15) is 5.76 Å². The molecule has 1 aromatic heterocycles. The van der Waals surface area contributed by atoms with Gasteiger partial charge in [-0.15, -0.1) is 0 Å². The quantitative estimate of drug-likeness (QED) is 0.386. The van der Waals surface area contributed by atoms with E-state index in [1.807, 2.05) is 0 Å². The molecule has 3 rings (SSSR count). The molecule has 2 aliphatic rings. The number of nitrogens with one attached hydrogen (secondary N) is 1. The Kier molecular flexibility index (Phi) is 6.90. The number of methoxy groups -OCH3 is 1. The number of aliphatic hydroxyl groups excluding tert-OH is 1. The van der Waals surface area contributed by atoms with Crippen LogP contribution in [-0.4, -0.2) is 31.3 Å². The fourth-order valence-electron chi connectivity index (χ4n) is 6.29. The molecule has 2 fully saturated rings. The van der Waals surface area contributed by atoms with Gasteiger partial charge in [-0.05, 0) is 74.3 Å². The number of aryl methyl sites for hydroxylation is 1. The summed E-state index contributed by atoms with van der Waals surface area (Å²) in [4.78, 5) is 12.7. The average molecular weight is 404 g/mol. The van der Waals surface area contributed by atoms with Crippen LogP contribution < -0.4 is 5.32 Å². The second-order valence-electron chi connectivity index (χ2n) is 9.38. The first-order chi connectivity index (χ1) is 13.9. The highest BCUT2D eigenvalue weighted by Crippen LogP contribution is 2.62. The summed E-state index contributed by atoms with van der Waals surface area (Å²) in [5.41, 5.74) is 2.24. The van der Waals surface area contributed by atoms with E-state index in [0.29, 0.717) is 24.9 Å². The van der Waals surface area contributed by atoms with E-state index in [9.17, 15) is 4.79 Å². The lowest BCUT2D eigenvalue weighted by Crippen LogP contribution is -2.53. The Morgan fingerprint density at radius 2 is 2.21 bits per heavy atom. The van der Waals surface area contributed by atoms with Crippen molar-refractivity contribution in [3.8, 4) is 0 Å². The molecule has 2 aliphatic carbocycles. The first kappa shape index (κ1) is 22.1. The lowest BCUT2D eigenvalue weighted by molar-refractivity contribution is -0.168. The summed E-state index contributed by atoms with van der Waals surface area (Å²) in [5, 5.41) is 12.2. The fraction of sp³-hybridized carbons (Fsp3) is 0.708. The largest absolute Gasteiger partial charge is 0.469 e. The number of allylic oxidation sites excluding steroid dienone is 1. The third kappa shape index (κ3) is 4.17. The topological polar surface area (TPSA) is 71.7 Å². The van der Waals surface area contributed by atoms with Crippen LogP contribution in [0.5, 0.6) is 0 Å². The Balaban J connectivity index is 1.76. The average Bonchev–Trinajstić information content (AvgIpc) is 3.14. The smallest absolute Gasteiger partial charge is 0.311 e. The molecule has 0 aliphatic heterocycles. The van der Waals surface area contributed by atoms with Crippen LogP contribution in [0.3, 0.4) is 0 Å². The van der Waals surface area contributed by atoms with Crippen molar-refractivity contribution in [3.63, 3.8) is 0 Å². The van der Waals surface area contributed by atoms with Crippen molar-refractivity contribution >= 4 is 5.97 Å². The minimum Gasteiger partial charge on any atom is -0.469 e. The highest BCUT2D eigenvalue weighted by Gasteiger charge is 2.57. The van der Waals surface area contributed by atoms with Crippen LogP contribution in [0.1, 0.15) is 63.7 Å². The highest BCUT2D eigenvalue weighted by atomic mass is 16.5. The summed E-state index contributed by atoms with van der Waals surface area (Å²) in [6, 6.07) is 2.06. The summed E-state index contributed by atoms with van der Waals surface area (Å²) >= 11 is 0. The van der Waals surface area contributed by atoms with Crippen LogP contribution in [-0.2, 0) is 22.5 Å². The Morgan fingerprint density at radius 3 is 2.93 bits per heavy atom. The molecule has 2 N–H and O–H groups in total. The molecule has 0 saturated heterocycles. The lowest BCUT2D eigenvalue weighted by Gasteiger charge is -2.57. The first-order valence-corrected chi connectivity index (χ1v) is 11.0. The number of hydrogen-bond acceptors (Lipinski definition) is 5. The SMILES string of the molecule is C=C1CCC2C(C)(C(=O)OC)CCCC2(C)C1CCc1ccoc1CNCCO. The van der Waals surface area contributed by atoms with Crippen LogP contribution in [0.25, 0.3) is 0 Å². The maximum absolute atomic E-state index is 12.7. The van der Waals surface area contributed by atoms with Gasteiger partial charge in [-0.3, -0.25) is 4.79 Å². The monoisotopic (exact) mass is 403 g/mol. The van der Waals surface area contributed by atoms with E-state index in [1.54, 1.807) is 6.26 Å². The van der Waals surface area contributed by atoms with Gasteiger partial charge in [-0.1, -0.05) is 25.5 Å². The second kappa shape index (κ2) is 9.05. The summed E-state index contributed by atoms with van der Waals surface area (Å²) in [5.74, 6) is 1.64. The van der Waals surface area contributed by atoms with Crippen LogP contribution >= 0.6 is 0 Å². The number of carbonyl (C=O) groups is 1. The van der Waals surface area contributed by atoms with Crippen molar-refractivity contribution in [1.29, 1.82) is 0 Å². The van der Waals surface area contributed by atoms with Crippen LogP contribution in [0.4, 0.5) is 0 Å². The van der Waals surface area contributed by atoms with Gasteiger partial charge in [0, 0.05) is 6.54 Å². The van der Waals surface area contributed by atoms with Crippen molar-refractivity contribution in [3.05, 3.63) is 35.8 Å². The number of aliphatic hydroxyl groups is 1. The number of furan rings is 1. The molecule has 4 atom stereocenters. The second-order valence-corrected chi connectivity index (χ2v) is 9.38. The van der Waals surface area contributed by atoms with Gasteiger partial charge >= 0.3 is 5.97 Å². The normalized spacial score (nSPS) is 32.1. The number of ether oxygens (including phenoxy) is 1. The van der Waals surface area contributed by atoms with E-state index in [-0.39, 0.29) is 18.0 Å². The van der Waals surface area contributed by atoms with E-state index in [4.69, 9.17) is 14.3 Å². The van der Waals surface area contributed by atoms with Crippen LogP contribution in [0, 0.1) is 22.7 Å². The van der Waals surface area contributed by atoms with Gasteiger partial charge in [0.25, 0.3) is 0 Å². The maximum Gasteiger partial charge on any atom is 0.311 e. The predicted molar refractivity (Wildman–Crippen MR) is 113 cm³/mol. The van der Waals surface area contributed by atoms with E-state index >= 15 is 0 Å². The van der Waals surface area contributed by atoms with Crippen molar-refractivity contribution in [2.75, 3.05) is 20.3 Å². The molecule has 29 heavy (non-hydrogen) atoms. The Hall–Kier alpha value is -1.59. The molecule has 1 aromatic rings. The zero-order valence-corrected chi connectivity index (χ0v) is 18.3. The minimum atomic E-state index is -0.393. The van der Waals surface area contributed by atoms with E-state index in [2.05, 4.69) is 31.8 Å². The zero-order chi connectivity index (χ0) is 21.1. The molecule has 0 aromatic carbocycles. The Bertz CT molecular complexity index is 726. The molecule has 0 amide bonds. The summed E-state index contributed by atoms with van der Waals surface area (Å²) in [6.45, 7) is 10.3. The number of carbonyl (C=O) groups excluding carboxylic acids is 1. The first-order valence-electron chi connectivity index (χ1n) is 11.0. The molecule has 5 nitrogen and oxygen atoms in total. The summed E-state index contributed by atoms with van der Waals surface area (Å²) in [6.07, 6.45) is 8.85. The number of hydrogen-bond donors (Lipinski definition) is 2. The van der Waals surface area contributed by atoms with Gasteiger partial charge in [-0.2, -0.15) is 0 Å². The molecule has 2 saturated carbocycles. The van der Waals surface area contributed by atoms with Gasteiger partial charge in [0.05, 0.1) is 31.9 Å². The lowest BCUT2D eigenvalue weighted by atomic mass is 9.46. The molecule has 162 valence electrons. The van der Waals surface area contributed by atoms with Crippen LogP contribution in [0.2, 0.25) is 0 Å². The van der Waals surface area contributed by atoms with Gasteiger partial charge < -0.3 is 19.6 Å². The van der Waals surface area contributed by atoms with Crippen molar-refractivity contribution in [2.24, 2.45) is 22.7 Å². The van der Waals surface area contributed by atoms with Gasteiger partial charge in [-0.25, -0.2) is 0 Å². The Labute approximate surface area is 174 Å². The third-order valence-electron chi connectivity index (χ3n) is 7.79. The van der Waals surface area contributed by atoms with Crippen molar-refractivity contribution in [2.45, 2.75) is 65.3 Å². The summed E-state index contributed by atoms with van der Waals surface area (Å²) in [7, 11) is 1.52. The summed E-state index contributed by atoms with van der Waals surface area (Å²) < 4.78 is 10.9. The molecular formula is C24H37NO4. The number of esters is 1. The van der Waals surface area contributed by atoms with E-state index in [0.717, 1.165) is 50.7 Å². The molecule has 5 heteroatoms. The fourth-order valence-corrected chi connectivity index (χ4v) is 6.29. The van der Waals surface area contributed by atoms with Crippen molar-refractivity contribution < 1.29 is 19.1 Å². The molecule has 1 heterocycles. The van der Waals surface area contributed by atoms with Gasteiger partial charge in [0.15, 0.2) is 0 Å². The van der Waals surface area contributed by atoms with Crippen molar-refractivity contribution in [1.82, 2.24) is 5.32 Å². The molecule has 4 unspecified atom stereocenters.